The zero-order valence-corrected chi connectivity index (χ0v) is 14.3. The highest BCUT2D eigenvalue weighted by Crippen LogP contribution is 2.21. The van der Waals surface area contributed by atoms with Gasteiger partial charge >= 0.3 is 0 Å². The number of thiazole rings is 1. The van der Waals surface area contributed by atoms with Crippen LogP contribution in [0.15, 0.2) is 78.3 Å². The molecule has 1 amide bonds. The van der Waals surface area contributed by atoms with Crippen LogP contribution in [-0.4, -0.2) is 10.9 Å². The number of carbonyl (C=O) groups excluding carboxylic acids is 1. The van der Waals surface area contributed by atoms with Crippen LogP contribution in [0.2, 0.25) is 0 Å². The molecule has 1 heterocycles. The summed E-state index contributed by atoms with van der Waals surface area (Å²) in [6.45, 7) is 0.500. The molecule has 0 unspecified atom stereocenters. The third-order valence-electron chi connectivity index (χ3n) is 4.08. The second-order valence-electron chi connectivity index (χ2n) is 5.78. The van der Waals surface area contributed by atoms with Gasteiger partial charge in [0, 0.05) is 12.1 Å². The molecule has 0 aliphatic heterocycles. The van der Waals surface area contributed by atoms with Crippen molar-refractivity contribution in [2.75, 3.05) is 0 Å². The summed E-state index contributed by atoms with van der Waals surface area (Å²) in [6, 6.07) is 24.1. The third-order valence-corrected chi connectivity index (χ3v) is 4.87. The Kier molecular flexibility index (Phi) is 4.27. The second-order valence-corrected chi connectivity index (χ2v) is 6.67. The van der Waals surface area contributed by atoms with Crippen LogP contribution in [-0.2, 0) is 6.54 Å². The van der Waals surface area contributed by atoms with Crippen LogP contribution in [0.1, 0.15) is 15.9 Å². The molecule has 122 valence electrons. The highest BCUT2D eigenvalue weighted by atomic mass is 32.1. The van der Waals surface area contributed by atoms with Gasteiger partial charge in [-0.3, -0.25) is 4.79 Å². The first-order valence-electron chi connectivity index (χ1n) is 8.05. The minimum absolute atomic E-state index is 0.0691. The fourth-order valence-electron chi connectivity index (χ4n) is 2.77. The van der Waals surface area contributed by atoms with Gasteiger partial charge in [-0.2, -0.15) is 0 Å². The SMILES string of the molecule is O=C(NCc1cccc(-c2ccccc2)c1)c1ccc2ncsc2c1. The Morgan fingerprint density at radius 3 is 2.64 bits per heavy atom. The van der Waals surface area contributed by atoms with E-state index < -0.39 is 0 Å². The Bertz CT molecular complexity index is 1020. The number of amides is 1. The fraction of sp³-hybridized carbons (Fsp3) is 0.0476. The lowest BCUT2D eigenvalue weighted by molar-refractivity contribution is 0.0951. The van der Waals surface area contributed by atoms with Crippen molar-refractivity contribution < 1.29 is 4.79 Å². The lowest BCUT2D eigenvalue weighted by Gasteiger charge is -2.08. The van der Waals surface area contributed by atoms with Crippen molar-refractivity contribution in [3.8, 4) is 11.1 Å². The highest BCUT2D eigenvalue weighted by Gasteiger charge is 2.08. The van der Waals surface area contributed by atoms with Crippen molar-refractivity contribution >= 4 is 27.5 Å². The molecule has 4 heteroatoms. The van der Waals surface area contributed by atoms with Crippen molar-refractivity contribution in [1.29, 1.82) is 0 Å². The molecule has 0 saturated carbocycles. The van der Waals surface area contributed by atoms with Gasteiger partial charge in [0.1, 0.15) is 0 Å². The van der Waals surface area contributed by atoms with Gasteiger partial charge in [-0.05, 0) is 41.0 Å². The van der Waals surface area contributed by atoms with Crippen molar-refractivity contribution in [2.24, 2.45) is 0 Å². The van der Waals surface area contributed by atoms with Gasteiger partial charge in [0.05, 0.1) is 15.7 Å². The molecule has 0 atom stereocenters. The average Bonchev–Trinajstić information content (AvgIpc) is 3.15. The first kappa shape index (κ1) is 15.5. The average molecular weight is 344 g/mol. The number of fused-ring (bicyclic) bond motifs is 1. The quantitative estimate of drug-likeness (QED) is 0.572. The van der Waals surface area contributed by atoms with Crippen molar-refractivity contribution in [1.82, 2.24) is 10.3 Å². The van der Waals surface area contributed by atoms with Gasteiger partial charge in [-0.25, -0.2) is 4.98 Å². The standard InChI is InChI=1S/C21H16N2OS/c24-21(18-9-10-19-20(12-18)25-14-23-19)22-13-15-5-4-8-17(11-15)16-6-2-1-3-7-16/h1-12,14H,13H2,(H,22,24). The van der Waals surface area contributed by atoms with E-state index in [2.05, 4.69) is 34.6 Å². The Morgan fingerprint density at radius 2 is 1.76 bits per heavy atom. The van der Waals surface area contributed by atoms with E-state index in [1.54, 1.807) is 16.8 Å². The van der Waals surface area contributed by atoms with Crippen LogP contribution in [0.4, 0.5) is 0 Å². The molecule has 0 aliphatic rings. The summed E-state index contributed by atoms with van der Waals surface area (Å²) in [4.78, 5) is 16.6. The molecule has 1 N–H and O–H groups in total. The molecular formula is C21H16N2OS. The molecule has 3 aromatic carbocycles. The predicted octanol–water partition coefficient (Wildman–Crippen LogP) is 4.89. The minimum Gasteiger partial charge on any atom is -0.348 e. The summed E-state index contributed by atoms with van der Waals surface area (Å²) in [6.07, 6.45) is 0. The van der Waals surface area contributed by atoms with Crippen molar-refractivity contribution in [3.63, 3.8) is 0 Å². The first-order valence-corrected chi connectivity index (χ1v) is 8.93. The zero-order valence-electron chi connectivity index (χ0n) is 13.5. The van der Waals surface area contributed by atoms with E-state index in [1.807, 2.05) is 48.5 Å². The van der Waals surface area contributed by atoms with Gasteiger partial charge < -0.3 is 5.32 Å². The summed E-state index contributed by atoms with van der Waals surface area (Å²) in [7, 11) is 0. The molecule has 0 fully saturated rings. The summed E-state index contributed by atoms with van der Waals surface area (Å²) < 4.78 is 1.03. The number of carbonyl (C=O) groups is 1. The Morgan fingerprint density at radius 1 is 0.920 bits per heavy atom. The number of benzene rings is 3. The minimum atomic E-state index is -0.0691. The molecule has 0 spiro atoms. The number of hydrogen-bond acceptors (Lipinski definition) is 3. The maximum atomic E-state index is 12.4. The van der Waals surface area contributed by atoms with Crippen LogP contribution >= 0.6 is 11.3 Å². The number of hydrogen-bond donors (Lipinski definition) is 1. The zero-order chi connectivity index (χ0) is 17.1. The summed E-state index contributed by atoms with van der Waals surface area (Å²) >= 11 is 1.54. The molecule has 4 aromatic rings. The van der Waals surface area contributed by atoms with Gasteiger partial charge in [0.15, 0.2) is 0 Å². The van der Waals surface area contributed by atoms with E-state index in [1.165, 1.54) is 5.56 Å². The van der Waals surface area contributed by atoms with Crippen LogP contribution in [0.3, 0.4) is 0 Å². The maximum absolute atomic E-state index is 12.4. The number of rotatable bonds is 4. The van der Waals surface area contributed by atoms with Gasteiger partial charge in [-0.1, -0.05) is 48.5 Å². The van der Waals surface area contributed by atoms with Gasteiger partial charge in [0.2, 0.25) is 0 Å². The van der Waals surface area contributed by atoms with E-state index in [9.17, 15) is 4.79 Å². The van der Waals surface area contributed by atoms with Crippen molar-refractivity contribution in [3.05, 3.63) is 89.4 Å². The van der Waals surface area contributed by atoms with Gasteiger partial charge in [-0.15, -0.1) is 11.3 Å². The smallest absolute Gasteiger partial charge is 0.251 e. The Balaban J connectivity index is 1.48. The predicted molar refractivity (Wildman–Crippen MR) is 103 cm³/mol. The van der Waals surface area contributed by atoms with E-state index in [0.29, 0.717) is 12.1 Å². The molecule has 25 heavy (non-hydrogen) atoms. The molecular weight excluding hydrogens is 328 g/mol. The summed E-state index contributed by atoms with van der Waals surface area (Å²) in [5, 5.41) is 3.00. The van der Waals surface area contributed by atoms with E-state index >= 15 is 0 Å². The molecule has 1 aromatic heterocycles. The van der Waals surface area contributed by atoms with Gasteiger partial charge in [0.25, 0.3) is 5.91 Å². The third kappa shape index (κ3) is 3.44. The molecule has 4 rings (SSSR count). The normalized spacial score (nSPS) is 10.7. The molecule has 3 nitrogen and oxygen atoms in total. The second kappa shape index (κ2) is 6.87. The van der Waals surface area contributed by atoms with Crippen LogP contribution in [0.25, 0.3) is 21.3 Å². The largest absolute Gasteiger partial charge is 0.348 e. The van der Waals surface area contributed by atoms with E-state index in [4.69, 9.17) is 0 Å². The molecule has 0 radical (unpaired) electrons. The Labute approximate surface area is 150 Å². The molecule has 0 saturated heterocycles. The fourth-order valence-corrected chi connectivity index (χ4v) is 3.49. The van der Waals surface area contributed by atoms with Crippen LogP contribution in [0, 0.1) is 0 Å². The monoisotopic (exact) mass is 344 g/mol. The van der Waals surface area contributed by atoms with E-state index in [-0.39, 0.29) is 5.91 Å². The lowest BCUT2D eigenvalue weighted by Crippen LogP contribution is -2.22. The van der Waals surface area contributed by atoms with Crippen LogP contribution < -0.4 is 5.32 Å². The first-order chi connectivity index (χ1) is 12.3. The van der Waals surface area contributed by atoms with Crippen molar-refractivity contribution in [2.45, 2.75) is 6.54 Å². The maximum Gasteiger partial charge on any atom is 0.251 e. The number of nitrogens with one attached hydrogen (secondary N) is 1. The lowest BCUT2D eigenvalue weighted by atomic mass is 10.0. The summed E-state index contributed by atoms with van der Waals surface area (Å²) in [5.74, 6) is -0.0691. The molecule has 0 aliphatic carbocycles. The number of aromatic nitrogens is 1. The topological polar surface area (TPSA) is 42.0 Å². The van der Waals surface area contributed by atoms with Crippen LogP contribution in [0.5, 0.6) is 0 Å². The molecule has 0 bridgehead atoms. The number of nitrogens with zero attached hydrogens (tertiary/aromatic N) is 1. The summed E-state index contributed by atoms with van der Waals surface area (Å²) in [5.41, 5.74) is 6.79. The highest BCUT2D eigenvalue weighted by molar-refractivity contribution is 7.16. The Hall–Kier alpha value is -2.98. The van der Waals surface area contributed by atoms with E-state index in [0.717, 1.165) is 21.3 Å².